The highest BCUT2D eigenvalue weighted by Crippen LogP contribution is 2.25. The molecule has 0 radical (unpaired) electrons. The van der Waals surface area contributed by atoms with Crippen LogP contribution in [0.3, 0.4) is 0 Å². The highest BCUT2D eigenvalue weighted by atomic mass is 16.5. The third-order valence-electron chi connectivity index (χ3n) is 3.70. The Morgan fingerprint density at radius 3 is 2.92 bits per heavy atom. The van der Waals surface area contributed by atoms with E-state index in [1.54, 1.807) is 4.90 Å². The van der Waals surface area contributed by atoms with Gasteiger partial charge in [-0.05, 0) is 6.42 Å². The second kappa shape index (κ2) is 7.14. The number of anilines is 3. The van der Waals surface area contributed by atoms with E-state index < -0.39 is 0 Å². The Balaban J connectivity index is 1.44. The predicted molar refractivity (Wildman–Crippen MR) is 91.1 cm³/mol. The van der Waals surface area contributed by atoms with Crippen molar-refractivity contribution in [1.29, 1.82) is 0 Å². The summed E-state index contributed by atoms with van der Waals surface area (Å²) in [5.41, 5.74) is 6.37. The van der Waals surface area contributed by atoms with E-state index in [2.05, 4.69) is 15.3 Å². The number of ether oxygens (including phenoxy) is 1. The number of nitrogens with two attached hydrogens (primary N) is 1. The van der Waals surface area contributed by atoms with E-state index in [-0.39, 0.29) is 24.0 Å². The molecule has 126 valence electrons. The van der Waals surface area contributed by atoms with Crippen molar-refractivity contribution >= 4 is 23.2 Å². The largest absolute Gasteiger partial charge is 0.369 e. The number of rotatable bonds is 7. The Kier molecular flexibility index (Phi) is 4.76. The number of nitrogens with one attached hydrogen (secondary N) is 2. The summed E-state index contributed by atoms with van der Waals surface area (Å²) in [7, 11) is 0. The highest BCUT2D eigenvalue weighted by Gasteiger charge is 2.23. The number of nitrogens with zero attached hydrogens (tertiary/aromatic N) is 2. The zero-order valence-corrected chi connectivity index (χ0v) is 13.1. The summed E-state index contributed by atoms with van der Waals surface area (Å²) < 4.78 is 5.58. The lowest BCUT2D eigenvalue weighted by atomic mass is 10.1. The molecule has 0 bridgehead atoms. The lowest BCUT2D eigenvalue weighted by molar-refractivity contribution is 0.0939. The van der Waals surface area contributed by atoms with Crippen molar-refractivity contribution in [3.05, 3.63) is 46.2 Å². The van der Waals surface area contributed by atoms with Gasteiger partial charge in [0.2, 0.25) is 5.95 Å². The van der Waals surface area contributed by atoms with Gasteiger partial charge in [0.25, 0.3) is 5.56 Å². The fourth-order valence-corrected chi connectivity index (χ4v) is 2.50. The molecule has 0 saturated carbocycles. The van der Waals surface area contributed by atoms with Crippen LogP contribution >= 0.6 is 0 Å². The standard InChI is InChI=1S/C16H19N5O3/c17-16-19-14-13(15(23)20-16)18-9-21(14)10-24-8-4-7-12(22)11-5-2-1-3-6-11/h1-3,5-6,18H,4,7-10H2,(H3,17,19,20,23). The number of nitrogen functional groups attached to an aromatic ring is 1. The number of hydrogen-bond donors (Lipinski definition) is 3. The summed E-state index contributed by atoms with van der Waals surface area (Å²) in [5, 5.41) is 2.96. The normalized spacial score (nSPS) is 12.8. The van der Waals surface area contributed by atoms with Gasteiger partial charge in [0.05, 0.1) is 6.67 Å². The molecule has 24 heavy (non-hydrogen) atoms. The molecular weight excluding hydrogens is 310 g/mol. The molecule has 0 aliphatic carbocycles. The fourth-order valence-electron chi connectivity index (χ4n) is 2.50. The average molecular weight is 329 g/mol. The number of H-pyrrole nitrogens is 1. The Bertz CT molecular complexity index is 775. The molecule has 3 rings (SSSR count). The molecule has 1 aromatic heterocycles. The smallest absolute Gasteiger partial charge is 0.277 e. The van der Waals surface area contributed by atoms with Gasteiger partial charge >= 0.3 is 0 Å². The minimum atomic E-state index is -0.298. The number of Topliss-reactive ketones (excluding diaryl/α,β-unsaturated/α-hetero) is 1. The molecule has 0 fully saturated rings. The van der Waals surface area contributed by atoms with Crippen molar-refractivity contribution < 1.29 is 9.53 Å². The van der Waals surface area contributed by atoms with Crippen molar-refractivity contribution in [1.82, 2.24) is 9.97 Å². The van der Waals surface area contributed by atoms with Gasteiger partial charge in [-0.15, -0.1) is 0 Å². The van der Waals surface area contributed by atoms with Crippen LogP contribution in [0.4, 0.5) is 17.5 Å². The topological polar surface area (TPSA) is 113 Å². The number of carbonyl (C=O) groups excluding carboxylic acids is 1. The van der Waals surface area contributed by atoms with Crippen LogP contribution in [0, 0.1) is 0 Å². The summed E-state index contributed by atoms with van der Waals surface area (Å²) >= 11 is 0. The average Bonchev–Trinajstić information content (AvgIpc) is 2.98. The number of benzene rings is 1. The van der Waals surface area contributed by atoms with Gasteiger partial charge in [0.15, 0.2) is 11.6 Å². The minimum absolute atomic E-state index is 0.0703. The van der Waals surface area contributed by atoms with Gasteiger partial charge in [-0.25, -0.2) is 0 Å². The van der Waals surface area contributed by atoms with Gasteiger partial charge in [-0.1, -0.05) is 30.3 Å². The molecule has 1 aromatic carbocycles. The number of fused-ring (bicyclic) bond motifs is 1. The number of carbonyl (C=O) groups is 1. The molecule has 4 N–H and O–H groups in total. The molecule has 0 saturated heterocycles. The van der Waals surface area contributed by atoms with E-state index in [1.165, 1.54) is 0 Å². The molecule has 2 aromatic rings. The van der Waals surface area contributed by atoms with Crippen LogP contribution in [-0.2, 0) is 4.74 Å². The van der Waals surface area contributed by atoms with Crippen LogP contribution in [0.2, 0.25) is 0 Å². The van der Waals surface area contributed by atoms with Crippen LogP contribution in [0.1, 0.15) is 23.2 Å². The molecule has 1 aliphatic rings. The van der Waals surface area contributed by atoms with Crippen molar-refractivity contribution in [2.24, 2.45) is 0 Å². The van der Waals surface area contributed by atoms with E-state index in [1.807, 2.05) is 30.3 Å². The molecule has 0 unspecified atom stereocenters. The molecular formula is C16H19N5O3. The zero-order chi connectivity index (χ0) is 16.9. The first-order valence-electron chi connectivity index (χ1n) is 7.70. The van der Waals surface area contributed by atoms with Crippen molar-refractivity contribution in [3.63, 3.8) is 0 Å². The number of aromatic amines is 1. The third-order valence-corrected chi connectivity index (χ3v) is 3.70. The van der Waals surface area contributed by atoms with Crippen molar-refractivity contribution in [2.45, 2.75) is 12.8 Å². The molecule has 8 heteroatoms. The minimum Gasteiger partial charge on any atom is -0.369 e. The Labute approximate surface area is 138 Å². The summed E-state index contributed by atoms with van der Waals surface area (Å²) in [6.45, 7) is 1.15. The van der Waals surface area contributed by atoms with Gasteiger partial charge in [-0.2, -0.15) is 4.98 Å². The van der Waals surface area contributed by atoms with Crippen LogP contribution in [0.15, 0.2) is 35.1 Å². The lowest BCUT2D eigenvalue weighted by Crippen LogP contribution is -2.26. The first kappa shape index (κ1) is 16.0. The van der Waals surface area contributed by atoms with Gasteiger partial charge in [0, 0.05) is 18.6 Å². The van der Waals surface area contributed by atoms with Crippen LogP contribution < -0.4 is 21.5 Å². The lowest BCUT2D eigenvalue weighted by Gasteiger charge is -2.16. The zero-order valence-electron chi connectivity index (χ0n) is 13.1. The fraction of sp³-hybridized carbons (Fsp3) is 0.312. The first-order valence-corrected chi connectivity index (χ1v) is 7.70. The number of ketones is 1. The summed E-state index contributed by atoms with van der Waals surface area (Å²) in [6, 6.07) is 9.20. The first-order chi connectivity index (χ1) is 11.6. The quantitative estimate of drug-likeness (QED) is 0.516. The summed E-state index contributed by atoms with van der Waals surface area (Å²) in [4.78, 5) is 32.0. The Hall–Kier alpha value is -2.87. The SMILES string of the molecule is Nc1nc2c(c(=O)[nH]1)NCN2COCCCC(=O)c1ccccc1. The molecule has 2 heterocycles. The molecule has 0 spiro atoms. The Morgan fingerprint density at radius 2 is 2.12 bits per heavy atom. The summed E-state index contributed by atoms with van der Waals surface area (Å²) in [5.74, 6) is 0.658. The van der Waals surface area contributed by atoms with E-state index in [0.29, 0.717) is 43.2 Å². The molecule has 0 amide bonds. The van der Waals surface area contributed by atoms with Gasteiger partial charge < -0.3 is 20.7 Å². The maximum atomic E-state index is 12.0. The predicted octanol–water partition coefficient (Wildman–Crippen LogP) is 1.18. The number of hydrogen-bond acceptors (Lipinski definition) is 7. The summed E-state index contributed by atoms with van der Waals surface area (Å²) in [6.07, 6.45) is 1.07. The molecule has 8 nitrogen and oxygen atoms in total. The molecule has 0 atom stereocenters. The maximum Gasteiger partial charge on any atom is 0.277 e. The van der Waals surface area contributed by atoms with E-state index in [0.717, 1.165) is 0 Å². The maximum absolute atomic E-state index is 12.0. The van der Waals surface area contributed by atoms with Crippen molar-refractivity contribution in [2.75, 3.05) is 36.0 Å². The van der Waals surface area contributed by atoms with E-state index in [4.69, 9.17) is 10.5 Å². The van der Waals surface area contributed by atoms with E-state index in [9.17, 15) is 9.59 Å². The van der Waals surface area contributed by atoms with Gasteiger partial charge in [0.1, 0.15) is 12.4 Å². The van der Waals surface area contributed by atoms with Gasteiger partial charge in [-0.3, -0.25) is 14.6 Å². The second-order valence-electron chi connectivity index (χ2n) is 5.45. The van der Waals surface area contributed by atoms with Crippen LogP contribution in [0.25, 0.3) is 0 Å². The van der Waals surface area contributed by atoms with Crippen molar-refractivity contribution in [3.8, 4) is 0 Å². The van der Waals surface area contributed by atoms with E-state index >= 15 is 0 Å². The van der Waals surface area contributed by atoms with Crippen LogP contribution in [-0.4, -0.2) is 35.8 Å². The molecule has 1 aliphatic heterocycles. The highest BCUT2D eigenvalue weighted by molar-refractivity contribution is 5.95. The third kappa shape index (κ3) is 3.54. The number of aromatic nitrogens is 2. The van der Waals surface area contributed by atoms with Crippen LogP contribution in [0.5, 0.6) is 0 Å². The monoisotopic (exact) mass is 329 g/mol. The second-order valence-corrected chi connectivity index (χ2v) is 5.45. The Morgan fingerprint density at radius 1 is 1.33 bits per heavy atom.